The van der Waals surface area contributed by atoms with Crippen LogP contribution in [-0.2, 0) is 9.53 Å². The zero-order valence-electron chi connectivity index (χ0n) is 17.2. The largest absolute Gasteiger partial charge is 0.493 e. The zero-order valence-corrected chi connectivity index (χ0v) is 18.7. The molecule has 1 unspecified atom stereocenters. The Balaban J connectivity index is 1.94. The normalized spacial score (nSPS) is 15.6. The minimum absolute atomic E-state index is 0.198. The van der Waals surface area contributed by atoms with E-state index in [0.29, 0.717) is 21.3 Å². The van der Waals surface area contributed by atoms with Crippen molar-refractivity contribution in [2.75, 3.05) is 13.7 Å². The Kier molecular flexibility index (Phi) is 6.96. The fourth-order valence-electron chi connectivity index (χ4n) is 3.15. The summed E-state index contributed by atoms with van der Waals surface area (Å²) in [4.78, 5) is 37.1. The highest BCUT2D eigenvalue weighted by molar-refractivity contribution is 9.10. The number of carbonyl (C=O) groups is 3. The fourth-order valence-corrected chi connectivity index (χ4v) is 3.60. The lowest BCUT2D eigenvalue weighted by molar-refractivity contribution is -0.139. The van der Waals surface area contributed by atoms with Crippen molar-refractivity contribution in [3.63, 3.8) is 0 Å². The van der Waals surface area contributed by atoms with Crippen molar-refractivity contribution < 1.29 is 28.6 Å². The van der Waals surface area contributed by atoms with Gasteiger partial charge < -0.3 is 24.8 Å². The van der Waals surface area contributed by atoms with Gasteiger partial charge in [0.05, 0.1) is 30.9 Å². The van der Waals surface area contributed by atoms with Gasteiger partial charge in [-0.2, -0.15) is 0 Å². The number of amides is 2. The molecular weight excluding hydrogens is 468 g/mol. The predicted octanol–water partition coefficient (Wildman–Crippen LogP) is 3.87. The van der Waals surface area contributed by atoms with Crippen molar-refractivity contribution in [1.29, 1.82) is 0 Å². The van der Waals surface area contributed by atoms with Gasteiger partial charge in [0.2, 0.25) is 0 Å². The van der Waals surface area contributed by atoms with Crippen molar-refractivity contribution in [1.82, 2.24) is 10.6 Å². The number of halogens is 1. The van der Waals surface area contributed by atoms with Crippen LogP contribution in [0.4, 0.5) is 4.79 Å². The minimum Gasteiger partial charge on any atom is -0.493 e. The molecule has 1 aliphatic heterocycles. The van der Waals surface area contributed by atoms with Crippen LogP contribution in [0.3, 0.4) is 0 Å². The summed E-state index contributed by atoms with van der Waals surface area (Å²) in [6.45, 7) is 3.53. The van der Waals surface area contributed by atoms with Gasteiger partial charge in [0.25, 0.3) is 0 Å². The zero-order chi connectivity index (χ0) is 22.5. The highest BCUT2D eigenvalue weighted by Gasteiger charge is 2.32. The third-order valence-electron chi connectivity index (χ3n) is 4.58. The van der Waals surface area contributed by atoms with E-state index in [1.54, 1.807) is 56.3 Å². The molecule has 1 aliphatic rings. The Bertz CT molecular complexity index is 1070. The molecule has 1 atom stereocenters. The molecule has 1 heterocycles. The summed E-state index contributed by atoms with van der Waals surface area (Å²) < 4.78 is 16.6. The third-order valence-corrected chi connectivity index (χ3v) is 5.27. The van der Waals surface area contributed by atoms with E-state index in [1.165, 1.54) is 7.11 Å². The second kappa shape index (κ2) is 9.65. The number of benzene rings is 2. The summed E-state index contributed by atoms with van der Waals surface area (Å²) in [5.41, 5.74) is 1.61. The SMILES string of the molecule is CCOC(=O)C1=C(C)NC(=O)NC1c1ccc(OC(=O)c2ccccc2Br)c(OC)c1. The van der Waals surface area contributed by atoms with E-state index in [4.69, 9.17) is 14.2 Å². The summed E-state index contributed by atoms with van der Waals surface area (Å²) in [5.74, 6) is -0.630. The quantitative estimate of drug-likeness (QED) is 0.472. The smallest absolute Gasteiger partial charge is 0.344 e. The molecule has 2 amide bonds. The van der Waals surface area contributed by atoms with Crippen LogP contribution >= 0.6 is 15.9 Å². The van der Waals surface area contributed by atoms with E-state index in [9.17, 15) is 14.4 Å². The molecule has 0 aromatic heterocycles. The fraction of sp³-hybridized carbons (Fsp3) is 0.227. The molecule has 0 spiro atoms. The number of hydrogen-bond acceptors (Lipinski definition) is 6. The molecule has 2 aromatic carbocycles. The van der Waals surface area contributed by atoms with E-state index >= 15 is 0 Å². The maximum absolute atomic E-state index is 12.5. The Morgan fingerprint density at radius 2 is 1.84 bits per heavy atom. The number of nitrogens with one attached hydrogen (secondary N) is 2. The molecule has 9 heteroatoms. The first-order chi connectivity index (χ1) is 14.8. The molecule has 0 aliphatic carbocycles. The van der Waals surface area contributed by atoms with E-state index in [1.807, 2.05) is 0 Å². The number of allylic oxidation sites excluding steroid dienone is 1. The maximum atomic E-state index is 12.5. The molecule has 0 fully saturated rings. The van der Waals surface area contributed by atoms with E-state index in [2.05, 4.69) is 26.6 Å². The van der Waals surface area contributed by atoms with Crippen LogP contribution in [0.25, 0.3) is 0 Å². The van der Waals surface area contributed by atoms with Gasteiger partial charge in [0.1, 0.15) is 0 Å². The van der Waals surface area contributed by atoms with Crippen LogP contribution in [0, 0.1) is 0 Å². The maximum Gasteiger partial charge on any atom is 0.344 e. The lowest BCUT2D eigenvalue weighted by atomic mass is 9.95. The summed E-state index contributed by atoms with van der Waals surface area (Å²) in [6.07, 6.45) is 0. The first kappa shape index (κ1) is 22.4. The molecule has 3 rings (SSSR count). The topological polar surface area (TPSA) is 103 Å². The molecule has 31 heavy (non-hydrogen) atoms. The van der Waals surface area contributed by atoms with Crippen LogP contribution in [-0.4, -0.2) is 31.7 Å². The highest BCUT2D eigenvalue weighted by atomic mass is 79.9. The first-order valence-corrected chi connectivity index (χ1v) is 10.2. The van der Waals surface area contributed by atoms with Crippen LogP contribution < -0.4 is 20.1 Å². The van der Waals surface area contributed by atoms with Gasteiger partial charge in [-0.25, -0.2) is 14.4 Å². The van der Waals surface area contributed by atoms with Crippen LogP contribution in [0.2, 0.25) is 0 Å². The average Bonchev–Trinajstić information content (AvgIpc) is 2.73. The second-order valence-electron chi connectivity index (χ2n) is 6.57. The van der Waals surface area contributed by atoms with Gasteiger partial charge in [0, 0.05) is 10.2 Å². The Hall–Kier alpha value is -3.33. The number of urea groups is 1. The molecule has 2 N–H and O–H groups in total. The first-order valence-electron chi connectivity index (χ1n) is 9.45. The van der Waals surface area contributed by atoms with Crippen molar-refractivity contribution in [2.24, 2.45) is 0 Å². The summed E-state index contributed by atoms with van der Waals surface area (Å²) in [5, 5.41) is 5.30. The second-order valence-corrected chi connectivity index (χ2v) is 7.42. The number of carbonyl (C=O) groups excluding carboxylic acids is 3. The van der Waals surface area contributed by atoms with Crippen molar-refractivity contribution in [3.05, 3.63) is 69.3 Å². The van der Waals surface area contributed by atoms with Gasteiger partial charge in [-0.05, 0) is 59.6 Å². The average molecular weight is 489 g/mol. The number of rotatable bonds is 6. The van der Waals surface area contributed by atoms with Crippen molar-refractivity contribution in [2.45, 2.75) is 19.9 Å². The Morgan fingerprint density at radius 3 is 2.52 bits per heavy atom. The summed E-state index contributed by atoms with van der Waals surface area (Å²) in [6, 6.07) is 10.5. The Morgan fingerprint density at radius 1 is 1.10 bits per heavy atom. The standard InChI is InChI=1S/C22H21BrN2O6/c1-4-30-21(27)18-12(2)24-22(28)25-19(18)13-9-10-16(17(11-13)29-3)31-20(26)14-7-5-6-8-15(14)23/h5-11,19H,4H2,1-3H3,(H2,24,25,28). The van der Waals surface area contributed by atoms with Gasteiger partial charge in [0.15, 0.2) is 11.5 Å². The summed E-state index contributed by atoms with van der Waals surface area (Å²) in [7, 11) is 1.43. The number of ether oxygens (including phenoxy) is 3. The molecule has 2 aromatic rings. The van der Waals surface area contributed by atoms with E-state index in [-0.39, 0.29) is 23.7 Å². The number of methoxy groups -OCH3 is 1. The molecule has 0 bridgehead atoms. The lowest BCUT2D eigenvalue weighted by Gasteiger charge is -2.28. The van der Waals surface area contributed by atoms with Gasteiger partial charge in [-0.1, -0.05) is 18.2 Å². The van der Waals surface area contributed by atoms with Crippen molar-refractivity contribution in [3.8, 4) is 11.5 Å². The number of hydrogen-bond donors (Lipinski definition) is 2. The molecule has 0 radical (unpaired) electrons. The van der Waals surface area contributed by atoms with Crippen LogP contribution in [0.15, 0.2) is 58.2 Å². The van der Waals surface area contributed by atoms with Gasteiger partial charge in [-0.3, -0.25) is 0 Å². The van der Waals surface area contributed by atoms with Crippen LogP contribution in [0.1, 0.15) is 35.8 Å². The monoisotopic (exact) mass is 488 g/mol. The van der Waals surface area contributed by atoms with Crippen LogP contribution in [0.5, 0.6) is 11.5 Å². The predicted molar refractivity (Wildman–Crippen MR) is 116 cm³/mol. The minimum atomic E-state index is -0.755. The highest BCUT2D eigenvalue weighted by Crippen LogP contribution is 2.35. The van der Waals surface area contributed by atoms with E-state index < -0.39 is 24.0 Å². The lowest BCUT2D eigenvalue weighted by Crippen LogP contribution is -2.45. The third kappa shape index (κ3) is 4.88. The van der Waals surface area contributed by atoms with Crippen molar-refractivity contribution >= 4 is 33.9 Å². The summed E-state index contributed by atoms with van der Waals surface area (Å²) >= 11 is 3.33. The van der Waals surface area contributed by atoms with Gasteiger partial charge >= 0.3 is 18.0 Å². The molecule has 0 saturated carbocycles. The Labute approximate surface area is 187 Å². The molecule has 8 nitrogen and oxygen atoms in total. The molecule has 0 saturated heterocycles. The number of esters is 2. The molecule has 162 valence electrons. The van der Waals surface area contributed by atoms with Gasteiger partial charge in [-0.15, -0.1) is 0 Å². The molecular formula is C22H21BrN2O6. The van der Waals surface area contributed by atoms with E-state index in [0.717, 1.165) is 0 Å².